The molecule has 0 aromatic heterocycles. The first-order chi connectivity index (χ1) is 8.81. The van der Waals surface area contributed by atoms with Crippen LogP contribution in [0.4, 0.5) is 0 Å². The first-order valence-electron chi connectivity index (χ1n) is 6.77. The molecule has 0 aliphatic heterocycles. The maximum absolute atomic E-state index is 8.93. The van der Waals surface area contributed by atoms with Crippen molar-refractivity contribution in [3.05, 3.63) is 41.0 Å². The molecule has 2 heteroatoms. The third kappa shape index (κ3) is 5.72. The lowest BCUT2D eigenvalue weighted by Crippen LogP contribution is -2.37. The van der Waals surface area contributed by atoms with Crippen LogP contribution in [0.2, 0.25) is 0 Å². The highest BCUT2D eigenvalue weighted by molar-refractivity contribution is 5.56. The summed E-state index contributed by atoms with van der Waals surface area (Å²) >= 11 is 0. The van der Waals surface area contributed by atoms with Gasteiger partial charge >= 0.3 is 0 Å². The molecule has 19 heavy (non-hydrogen) atoms. The fraction of sp³-hybridized carbons (Fsp3) is 0.471. The van der Waals surface area contributed by atoms with Crippen molar-refractivity contribution >= 4 is 6.08 Å². The summed E-state index contributed by atoms with van der Waals surface area (Å²) in [6.45, 7) is 11.8. The molecular formula is C17H24N2. The van der Waals surface area contributed by atoms with E-state index in [1.807, 2.05) is 24.3 Å². The largest absolute Gasteiger partial charge is 0.308 e. The SMILES string of the molecule is CC(C)C(=Cc1cccc(C#N)c1)CNC(C)(C)C. The van der Waals surface area contributed by atoms with Gasteiger partial charge in [-0.25, -0.2) is 0 Å². The first kappa shape index (κ1) is 15.5. The fourth-order valence-corrected chi connectivity index (χ4v) is 1.70. The average molecular weight is 256 g/mol. The van der Waals surface area contributed by atoms with Gasteiger partial charge in [0.25, 0.3) is 0 Å². The van der Waals surface area contributed by atoms with E-state index in [4.69, 9.17) is 5.26 Å². The van der Waals surface area contributed by atoms with Gasteiger partial charge in [0, 0.05) is 12.1 Å². The van der Waals surface area contributed by atoms with E-state index in [-0.39, 0.29) is 5.54 Å². The molecule has 0 radical (unpaired) electrons. The molecule has 0 heterocycles. The molecular weight excluding hydrogens is 232 g/mol. The topological polar surface area (TPSA) is 35.8 Å². The normalized spacial score (nSPS) is 12.6. The first-order valence-corrected chi connectivity index (χ1v) is 6.77. The van der Waals surface area contributed by atoms with Crippen molar-refractivity contribution in [2.75, 3.05) is 6.54 Å². The maximum atomic E-state index is 8.93. The Morgan fingerprint density at radius 3 is 2.58 bits per heavy atom. The molecule has 1 N–H and O–H groups in total. The Kier molecular flexibility index (Phi) is 5.32. The molecule has 0 saturated heterocycles. The van der Waals surface area contributed by atoms with Gasteiger partial charge in [-0.05, 0) is 44.4 Å². The van der Waals surface area contributed by atoms with Crippen LogP contribution >= 0.6 is 0 Å². The molecule has 0 spiro atoms. The standard InChI is InChI=1S/C17H24N2/c1-13(2)16(12-19-17(3,4)5)10-14-7-6-8-15(9-14)11-18/h6-10,13,19H,12H2,1-5H3. The van der Waals surface area contributed by atoms with Gasteiger partial charge in [-0.2, -0.15) is 5.26 Å². The summed E-state index contributed by atoms with van der Waals surface area (Å²) in [6, 6.07) is 9.92. The number of nitrogens with one attached hydrogen (secondary N) is 1. The van der Waals surface area contributed by atoms with Gasteiger partial charge in [0.05, 0.1) is 11.6 Å². The molecule has 0 aliphatic rings. The summed E-state index contributed by atoms with van der Waals surface area (Å²) in [7, 11) is 0. The summed E-state index contributed by atoms with van der Waals surface area (Å²) < 4.78 is 0. The highest BCUT2D eigenvalue weighted by Gasteiger charge is 2.11. The Morgan fingerprint density at radius 1 is 1.37 bits per heavy atom. The van der Waals surface area contributed by atoms with Gasteiger partial charge in [-0.15, -0.1) is 0 Å². The monoisotopic (exact) mass is 256 g/mol. The van der Waals surface area contributed by atoms with Gasteiger partial charge in [0.2, 0.25) is 0 Å². The number of nitriles is 1. The van der Waals surface area contributed by atoms with Crippen molar-refractivity contribution in [2.24, 2.45) is 5.92 Å². The van der Waals surface area contributed by atoms with E-state index in [0.29, 0.717) is 11.5 Å². The zero-order valence-corrected chi connectivity index (χ0v) is 12.6. The van der Waals surface area contributed by atoms with Crippen LogP contribution in [0.3, 0.4) is 0 Å². The van der Waals surface area contributed by atoms with Gasteiger partial charge in [0.1, 0.15) is 0 Å². The van der Waals surface area contributed by atoms with E-state index in [2.05, 4.69) is 52.1 Å². The van der Waals surface area contributed by atoms with Crippen molar-refractivity contribution in [3.63, 3.8) is 0 Å². The third-order valence-electron chi connectivity index (χ3n) is 2.93. The Balaban J connectivity index is 2.92. The van der Waals surface area contributed by atoms with E-state index in [1.165, 1.54) is 5.57 Å². The molecule has 102 valence electrons. The van der Waals surface area contributed by atoms with Crippen molar-refractivity contribution in [2.45, 2.75) is 40.2 Å². The zero-order chi connectivity index (χ0) is 14.5. The highest BCUT2D eigenvalue weighted by Crippen LogP contribution is 2.16. The number of benzene rings is 1. The van der Waals surface area contributed by atoms with E-state index >= 15 is 0 Å². The number of hydrogen-bond acceptors (Lipinski definition) is 2. The second-order valence-electron chi connectivity index (χ2n) is 6.21. The van der Waals surface area contributed by atoms with Crippen molar-refractivity contribution in [1.82, 2.24) is 5.32 Å². The van der Waals surface area contributed by atoms with Crippen molar-refractivity contribution < 1.29 is 0 Å². The highest BCUT2D eigenvalue weighted by atomic mass is 14.9. The molecule has 2 nitrogen and oxygen atoms in total. The summed E-state index contributed by atoms with van der Waals surface area (Å²) in [5, 5.41) is 12.5. The predicted molar refractivity (Wildman–Crippen MR) is 81.7 cm³/mol. The lowest BCUT2D eigenvalue weighted by Gasteiger charge is -2.23. The van der Waals surface area contributed by atoms with E-state index < -0.39 is 0 Å². The van der Waals surface area contributed by atoms with Gasteiger partial charge in [-0.1, -0.05) is 37.6 Å². The average Bonchev–Trinajstić information content (AvgIpc) is 2.33. The lowest BCUT2D eigenvalue weighted by molar-refractivity contribution is 0.437. The Labute approximate surface area is 117 Å². The quantitative estimate of drug-likeness (QED) is 0.884. The molecule has 1 aromatic carbocycles. The number of hydrogen-bond donors (Lipinski definition) is 1. The van der Waals surface area contributed by atoms with Crippen molar-refractivity contribution in [3.8, 4) is 6.07 Å². The van der Waals surface area contributed by atoms with Crippen molar-refractivity contribution in [1.29, 1.82) is 5.26 Å². The predicted octanol–water partition coefficient (Wildman–Crippen LogP) is 3.99. The van der Waals surface area contributed by atoms with Crippen LogP contribution in [-0.2, 0) is 0 Å². The second-order valence-corrected chi connectivity index (χ2v) is 6.21. The molecule has 0 saturated carbocycles. The van der Waals surface area contributed by atoms with Crippen LogP contribution in [0, 0.1) is 17.2 Å². The van der Waals surface area contributed by atoms with E-state index in [9.17, 15) is 0 Å². The molecule has 0 atom stereocenters. The van der Waals surface area contributed by atoms with Gasteiger partial charge in [0.15, 0.2) is 0 Å². The third-order valence-corrected chi connectivity index (χ3v) is 2.93. The molecule has 0 unspecified atom stereocenters. The minimum absolute atomic E-state index is 0.114. The lowest BCUT2D eigenvalue weighted by atomic mass is 9.98. The summed E-state index contributed by atoms with van der Waals surface area (Å²) in [5.74, 6) is 0.487. The molecule has 1 aromatic rings. The van der Waals surface area contributed by atoms with Crippen LogP contribution in [0.25, 0.3) is 6.08 Å². The second kappa shape index (κ2) is 6.54. The summed E-state index contributed by atoms with van der Waals surface area (Å²) in [4.78, 5) is 0. The minimum Gasteiger partial charge on any atom is -0.308 e. The van der Waals surface area contributed by atoms with Crippen LogP contribution in [0.5, 0.6) is 0 Å². The summed E-state index contributed by atoms with van der Waals surface area (Å²) in [6.07, 6.45) is 2.18. The number of nitrogens with zero attached hydrogens (tertiary/aromatic N) is 1. The molecule has 1 rings (SSSR count). The minimum atomic E-state index is 0.114. The van der Waals surface area contributed by atoms with Gasteiger partial charge < -0.3 is 5.32 Å². The molecule has 0 bridgehead atoms. The van der Waals surface area contributed by atoms with Crippen LogP contribution in [0.15, 0.2) is 29.8 Å². The number of rotatable bonds is 4. The Morgan fingerprint density at radius 2 is 2.05 bits per heavy atom. The van der Waals surface area contributed by atoms with E-state index in [1.54, 1.807) is 0 Å². The summed E-state index contributed by atoms with van der Waals surface area (Å²) in [5.41, 5.74) is 3.27. The van der Waals surface area contributed by atoms with Crippen LogP contribution in [-0.4, -0.2) is 12.1 Å². The van der Waals surface area contributed by atoms with Gasteiger partial charge in [-0.3, -0.25) is 0 Å². The fourth-order valence-electron chi connectivity index (χ4n) is 1.70. The maximum Gasteiger partial charge on any atom is 0.0991 e. The van der Waals surface area contributed by atoms with Crippen LogP contribution in [0.1, 0.15) is 45.7 Å². The molecule has 0 amide bonds. The smallest absolute Gasteiger partial charge is 0.0991 e. The van der Waals surface area contributed by atoms with Crippen LogP contribution < -0.4 is 5.32 Å². The Bertz CT molecular complexity index is 485. The van der Waals surface area contributed by atoms with E-state index in [0.717, 1.165) is 12.1 Å². The Hall–Kier alpha value is -1.59. The molecule has 0 fully saturated rings. The molecule has 0 aliphatic carbocycles. The zero-order valence-electron chi connectivity index (χ0n) is 12.6.